The van der Waals surface area contributed by atoms with E-state index < -0.39 is 75.5 Å². The smallest absolute Gasteiger partial charge is 0.226 e. The fourth-order valence-corrected chi connectivity index (χ4v) is 10.2. The van der Waals surface area contributed by atoms with Gasteiger partial charge in [0, 0.05) is 46.9 Å². The molecule has 0 radical (unpaired) electrons. The highest BCUT2D eigenvalue weighted by molar-refractivity contribution is 8.13. The molecule has 1 aliphatic heterocycles. The van der Waals surface area contributed by atoms with Crippen molar-refractivity contribution in [3.8, 4) is 0 Å². The molecule has 7 rings (SSSR count). The molecule has 1 aromatic heterocycles. The zero-order valence-electron chi connectivity index (χ0n) is 25.5. The first-order valence-corrected chi connectivity index (χ1v) is 16.5. The minimum atomic E-state index is -2.33. The van der Waals surface area contributed by atoms with E-state index in [1.807, 2.05) is 16.8 Å². The number of aliphatic hydroxyl groups is 2. The highest BCUT2D eigenvalue weighted by Crippen LogP contribution is 2.73. The highest BCUT2D eigenvalue weighted by Gasteiger charge is 2.80. The molecular formula is C34H37F3N2O6S. The number of aromatic nitrogens is 1. The lowest BCUT2D eigenvalue weighted by Gasteiger charge is -2.63. The third-order valence-electron chi connectivity index (χ3n) is 11.5. The summed E-state index contributed by atoms with van der Waals surface area (Å²) < 4.78 is 62.1. The van der Waals surface area contributed by atoms with Gasteiger partial charge in [-0.1, -0.05) is 30.8 Å². The van der Waals surface area contributed by atoms with Gasteiger partial charge in [-0.25, -0.2) is 13.2 Å². The molecule has 2 aromatic rings. The second kappa shape index (κ2) is 10.8. The molecule has 0 bridgehead atoms. The van der Waals surface area contributed by atoms with E-state index in [9.17, 15) is 24.2 Å². The number of allylic oxidation sites excluding steroid dienone is 4. The second-order valence-electron chi connectivity index (χ2n) is 13.8. The average molecular weight is 659 g/mol. The average Bonchev–Trinajstić information content (AvgIpc) is 3.69. The summed E-state index contributed by atoms with van der Waals surface area (Å²) in [4.78, 5) is 26.1. The van der Waals surface area contributed by atoms with E-state index in [1.165, 1.54) is 19.1 Å². The number of nitrogens with two attached hydrogens (primary N) is 1. The van der Waals surface area contributed by atoms with Crippen molar-refractivity contribution in [2.24, 2.45) is 22.7 Å². The van der Waals surface area contributed by atoms with Crippen LogP contribution >= 0.6 is 11.8 Å². The van der Waals surface area contributed by atoms with E-state index in [4.69, 9.17) is 15.2 Å². The predicted molar refractivity (Wildman–Crippen MR) is 164 cm³/mol. The van der Waals surface area contributed by atoms with Crippen LogP contribution in [0, 0.1) is 22.7 Å². The molecule has 1 aromatic carbocycles. The first-order valence-electron chi connectivity index (χ1n) is 15.5. The number of carbonyl (C=O) groups is 2. The molecule has 246 valence electrons. The number of thioether (sulfide) groups is 1. The van der Waals surface area contributed by atoms with Crippen LogP contribution in [0.25, 0.3) is 0 Å². The molecule has 0 amide bonds. The second-order valence-corrected chi connectivity index (χ2v) is 14.7. The lowest BCUT2D eigenvalue weighted by Crippen LogP contribution is -2.70. The lowest BCUT2D eigenvalue weighted by atomic mass is 9.44. The molecule has 8 nitrogen and oxygen atoms in total. The summed E-state index contributed by atoms with van der Waals surface area (Å²) in [5, 5.41) is 20.6. The monoisotopic (exact) mass is 658 g/mol. The molecule has 12 heteroatoms. The fraction of sp³-hybridized carbons (Fsp3) is 0.529. The van der Waals surface area contributed by atoms with Gasteiger partial charge in [0.25, 0.3) is 0 Å². The number of nitrogen functional groups attached to an aromatic ring is 1. The van der Waals surface area contributed by atoms with Crippen LogP contribution < -0.4 is 5.73 Å². The van der Waals surface area contributed by atoms with Gasteiger partial charge < -0.3 is 30.0 Å². The van der Waals surface area contributed by atoms with Crippen LogP contribution in [0.15, 0.2) is 60.5 Å². The van der Waals surface area contributed by atoms with Crippen molar-refractivity contribution >= 4 is 28.3 Å². The number of fused-ring (bicyclic) bond motifs is 7. The number of hydrogen-bond donors (Lipinski definition) is 3. The quantitative estimate of drug-likeness (QED) is 0.376. The Morgan fingerprint density at radius 3 is 2.70 bits per heavy atom. The van der Waals surface area contributed by atoms with Crippen LogP contribution in [0.4, 0.5) is 18.9 Å². The van der Waals surface area contributed by atoms with Gasteiger partial charge in [-0.2, -0.15) is 0 Å². The number of ketones is 1. The van der Waals surface area contributed by atoms with Gasteiger partial charge in [-0.3, -0.25) is 9.59 Å². The minimum absolute atomic E-state index is 0.0150. The first kappa shape index (κ1) is 31.7. The summed E-state index contributed by atoms with van der Waals surface area (Å²) in [5.74, 6) is -2.11. The van der Waals surface area contributed by atoms with E-state index in [-0.39, 0.29) is 31.4 Å². The van der Waals surface area contributed by atoms with Gasteiger partial charge in [0.05, 0.1) is 18.8 Å². The van der Waals surface area contributed by atoms with Crippen molar-refractivity contribution < 1.29 is 42.4 Å². The summed E-state index contributed by atoms with van der Waals surface area (Å²) in [7, 11) is 0. The van der Waals surface area contributed by atoms with Crippen molar-refractivity contribution in [2.45, 2.75) is 82.2 Å². The summed E-state index contributed by atoms with van der Waals surface area (Å²) in [6.07, 6.45) is 1.83. The maximum Gasteiger partial charge on any atom is 0.226 e. The van der Waals surface area contributed by atoms with Gasteiger partial charge in [0.2, 0.25) is 5.12 Å². The number of carbonyl (C=O) groups excluding carboxylic acids is 2. The van der Waals surface area contributed by atoms with Gasteiger partial charge in [0.1, 0.15) is 12.2 Å². The van der Waals surface area contributed by atoms with Crippen molar-refractivity contribution in [3.63, 3.8) is 0 Å². The summed E-state index contributed by atoms with van der Waals surface area (Å²) in [6.45, 7) is 3.55. The number of hydrogen-bond acceptors (Lipinski definition) is 8. The van der Waals surface area contributed by atoms with Gasteiger partial charge in [-0.15, -0.1) is 0 Å². The van der Waals surface area contributed by atoms with Crippen LogP contribution in [0.3, 0.4) is 0 Å². The number of aliphatic hydroxyl groups excluding tert-OH is 2. The third-order valence-corrected chi connectivity index (χ3v) is 12.2. The first-order chi connectivity index (χ1) is 21.8. The molecule has 1 saturated heterocycles. The van der Waals surface area contributed by atoms with Crippen molar-refractivity contribution in [3.05, 3.63) is 77.2 Å². The minimum Gasteiger partial charge on any atom is -0.399 e. The van der Waals surface area contributed by atoms with Crippen molar-refractivity contribution in [1.29, 1.82) is 0 Å². The normalized spacial score (nSPS) is 41.0. The number of halogens is 3. The van der Waals surface area contributed by atoms with E-state index >= 15 is 8.78 Å². The molecule has 2 heterocycles. The Labute approximate surface area is 268 Å². The van der Waals surface area contributed by atoms with Gasteiger partial charge >= 0.3 is 0 Å². The van der Waals surface area contributed by atoms with Crippen LogP contribution in [-0.4, -0.2) is 61.3 Å². The number of ether oxygens (including phenoxy) is 2. The maximum absolute atomic E-state index is 17.6. The Hall–Kier alpha value is -2.90. The van der Waals surface area contributed by atoms with Crippen molar-refractivity contribution in [2.75, 3.05) is 11.7 Å². The molecule has 3 saturated carbocycles. The summed E-state index contributed by atoms with van der Waals surface area (Å²) in [5.41, 5.74) is 1.84. The molecular weight excluding hydrogens is 621 g/mol. The summed E-state index contributed by atoms with van der Waals surface area (Å²) in [6, 6.07) is 6.13. The molecule has 46 heavy (non-hydrogen) atoms. The van der Waals surface area contributed by atoms with Gasteiger partial charge in [-0.05, 0) is 79.2 Å². The molecule has 5 aliphatic rings. The van der Waals surface area contributed by atoms with Crippen molar-refractivity contribution in [1.82, 2.24) is 4.57 Å². The van der Waals surface area contributed by atoms with Crippen LogP contribution in [0.1, 0.15) is 56.1 Å². The Bertz CT molecular complexity index is 1660. The number of rotatable bonds is 6. The van der Waals surface area contributed by atoms with E-state index in [2.05, 4.69) is 0 Å². The lowest BCUT2D eigenvalue weighted by molar-refractivity contribution is -0.232. The highest BCUT2D eigenvalue weighted by atomic mass is 32.2. The third kappa shape index (κ3) is 4.22. The number of nitrogens with zero attached hydrogens (tertiary/aromatic N) is 1. The molecule has 10 atom stereocenters. The molecule has 4 N–H and O–H groups in total. The van der Waals surface area contributed by atoms with Gasteiger partial charge in [0.15, 0.2) is 23.3 Å². The van der Waals surface area contributed by atoms with Crippen LogP contribution in [0.2, 0.25) is 0 Å². The predicted octanol–water partition coefficient (Wildman–Crippen LogP) is 4.88. The SMILES string of the molecule is C[C@]12C=CC(=O)C=C1[C@@H](F)C[C@H]1[C@@H]3C[C@H]4O[C@@H](c5ccn(Cc6cc(N)cc(CO)c6)c5)O[C@@]4(C(=O)SCF)[C@@]3(C)C[C@H](O)[C@@]12F. The Morgan fingerprint density at radius 1 is 1.20 bits per heavy atom. The Balaban J connectivity index is 1.22. The number of anilines is 1. The topological polar surface area (TPSA) is 124 Å². The fourth-order valence-electron chi connectivity index (χ4n) is 9.48. The van der Waals surface area contributed by atoms with E-state index in [0.29, 0.717) is 35.1 Å². The van der Waals surface area contributed by atoms with Crippen LogP contribution in [-0.2, 0) is 32.2 Å². The largest absolute Gasteiger partial charge is 0.399 e. The Morgan fingerprint density at radius 2 is 1.96 bits per heavy atom. The zero-order valence-corrected chi connectivity index (χ0v) is 26.3. The zero-order chi connectivity index (χ0) is 32.8. The molecule has 4 aliphatic carbocycles. The molecule has 0 unspecified atom stereocenters. The maximum atomic E-state index is 17.6. The Kier molecular flexibility index (Phi) is 7.45. The number of benzene rings is 1. The number of alkyl halides is 3. The van der Waals surface area contributed by atoms with Crippen LogP contribution in [0.5, 0.6) is 0 Å². The standard InChI is InChI=1S/C34H37F3N2O6S/c1-31-5-3-22(41)10-25(31)26(36)11-24-23-12-28-34(30(43)46-17-35,32(23,2)13-27(42)33(24,31)37)45-29(44-28)20-4-6-39(15-20)14-18-7-19(16-40)9-21(38)8-18/h3-10,15,23-24,26-29,40,42H,11-14,16-17,38H2,1-2H3/t23-,24-,26-,27-,28+,29+,31-,32-,33-,34-/m0/s1. The molecule has 4 fully saturated rings. The van der Waals surface area contributed by atoms with E-state index in [0.717, 1.165) is 11.6 Å². The van der Waals surface area contributed by atoms with E-state index in [1.54, 1.807) is 31.3 Å². The molecule has 0 spiro atoms. The summed E-state index contributed by atoms with van der Waals surface area (Å²) >= 11 is 0.452.